The predicted molar refractivity (Wildman–Crippen MR) is 86.7 cm³/mol. The zero-order valence-corrected chi connectivity index (χ0v) is 14.4. The molecule has 0 aromatic heterocycles. The number of hydrogen-bond donors (Lipinski definition) is 2. The van der Waals surface area contributed by atoms with Gasteiger partial charge in [0.25, 0.3) is 0 Å². The molecule has 118 valence electrons. The van der Waals surface area contributed by atoms with E-state index in [4.69, 9.17) is 10.5 Å². The van der Waals surface area contributed by atoms with Crippen LogP contribution in [-0.4, -0.2) is 33.4 Å². The second-order valence-corrected chi connectivity index (χ2v) is 12.9. The van der Waals surface area contributed by atoms with Gasteiger partial charge in [-0.3, -0.25) is 0 Å². The van der Waals surface area contributed by atoms with Gasteiger partial charge in [-0.25, -0.2) is 4.79 Å². The lowest BCUT2D eigenvalue weighted by molar-refractivity contribution is 0.150. The molecule has 1 aliphatic carbocycles. The highest BCUT2D eigenvalue weighted by molar-refractivity contribution is 6.76. The lowest BCUT2D eigenvalue weighted by Crippen LogP contribution is -2.39. The van der Waals surface area contributed by atoms with Crippen LogP contribution in [0.3, 0.4) is 0 Å². The van der Waals surface area contributed by atoms with Gasteiger partial charge < -0.3 is 15.8 Å². The predicted octanol–water partition coefficient (Wildman–Crippen LogP) is 3.35. The number of carbonyl (C=O) groups is 1. The van der Waals surface area contributed by atoms with Crippen LogP contribution in [0, 0.1) is 5.92 Å². The average Bonchev–Trinajstić information content (AvgIpc) is 2.36. The Morgan fingerprint density at radius 1 is 1.30 bits per heavy atom. The van der Waals surface area contributed by atoms with Crippen molar-refractivity contribution in [1.29, 1.82) is 0 Å². The van der Waals surface area contributed by atoms with Crippen LogP contribution in [-0.2, 0) is 4.74 Å². The minimum atomic E-state index is -1.13. The molecule has 0 unspecified atom stereocenters. The normalized spacial score (nSPS) is 18.6. The summed E-state index contributed by atoms with van der Waals surface area (Å²) in [7, 11) is -1.13. The Labute approximate surface area is 124 Å². The molecule has 0 radical (unpaired) electrons. The smallest absolute Gasteiger partial charge is 0.407 e. The van der Waals surface area contributed by atoms with Gasteiger partial charge in [0.2, 0.25) is 0 Å². The maximum absolute atomic E-state index is 11.6. The molecule has 1 saturated carbocycles. The van der Waals surface area contributed by atoms with Gasteiger partial charge in [0.1, 0.15) is 0 Å². The molecule has 0 aliphatic heterocycles. The molecule has 0 saturated heterocycles. The largest absolute Gasteiger partial charge is 0.450 e. The molecule has 1 amide bonds. The van der Waals surface area contributed by atoms with E-state index in [2.05, 4.69) is 25.0 Å². The van der Waals surface area contributed by atoms with Gasteiger partial charge in [-0.1, -0.05) is 51.7 Å². The number of ether oxygens (including phenoxy) is 1. The van der Waals surface area contributed by atoms with Gasteiger partial charge in [0.15, 0.2) is 0 Å². The number of rotatable bonds is 7. The maximum atomic E-state index is 11.6. The van der Waals surface area contributed by atoms with Gasteiger partial charge in [-0.15, -0.1) is 0 Å². The molecular weight excluding hydrogens is 268 g/mol. The van der Waals surface area contributed by atoms with Crippen molar-refractivity contribution in [3.05, 3.63) is 0 Å². The van der Waals surface area contributed by atoms with Crippen molar-refractivity contribution in [3.8, 4) is 0 Å². The fraction of sp³-hybridized carbons (Fsp3) is 0.933. The van der Waals surface area contributed by atoms with Crippen LogP contribution in [0.15, 0.2) is 0 Å². The molecule has 20 heavy (non-hydrogen) atoms. The monoisotopic (exact) mass is 300 g/mol. The minimum Gasteiger partial charge on any atom is -0.450 e. The van der Waals surface area contributed by atoms with Crippen molar-refractivity contribution in [2.45, 2.75) is 70.3 Å². The van der Waals surface area contributed by atoms with Crippen molar-refractivity contribution >= 4 is 14.2 Å². The Balaban J connectivity index is 2.07. The topological polar surface area (TPSA) is 64.3 Å². The van der Waals surface area contributed by atoms with Crippen LogP contribution in [0.5, 0.6) is 0 Å². The van der Waals surface area contributed by atoms with Crippen LogP contribution < -0.4 is 11.1 Å². The van der Waals surface area contributed by atoms with E-state index < -0.39 is 8.07 Å². The number of amides is 1. The first-order valence-electron chi connectivity index (χ1n) is 8.03. The Morgan fingerprint density at radius 2 is 1.95 bits per heavy atom. The van der Waals surface area contributed by atoms with Gasteiger partial charge in [-0.2, -0.15) is 0 Å². The summed E-state index contributed by atoms with van der Waals surface area (Å²) in [6.45, 7) is 7.87. The Kier molecular flexibility index (Phi) is 7.59. The third-order valence-electron chi connectivity index (χ3n) is 3.95. The van der Waals surface area contributed by atoms with E-state index in [1.165, 1.54) is 32.1 Å². The molecule has 1 fully saturated rings. The highest BCUT2D eigenvalue weighted by Gasteiger charge is 2.18. The van der Waals surface area contributed by atoms with E-state index in [1.807, 2.05) is 0 Å². The number of carbonyl (C=O) groups excluding carboxylic acids is 1. The molecule has 0 spiro atoms. The van der Waals surface area contributed by atoms with Crippen molar-refractivity contribution < 1.29 is 9.53 Å². The molecule has 5 heteroatoms. The van der Waals surface area contributed by atoms with Crippen molar-refractivity contribution in [2.24, 2.45) is 11.7 Å². The summed E-state index contributed by atoms with van der Waals surface area (Å²) in [5.74, 6) is 0.753. The Bertz CT molecular complexity index is 286. The second-order valence-electron chi connectivity index (χ2n) is 7.33. The molecule has 0 heterocycles. The first-order chi connectivity index (χ1) is 9.37. The Hall–Kier alpha value is -0.553. The summed E-state index contributed by atoms with van der Waals surface area (Å²) in [6, 6.07) is 1.07. The number of alkyl carbamates (subject to hydrolysis) is 1. The SMILES string of the molecule is C[Si](C)(C)CCOC(=O)NC[C@@H](N)CC1CCCCC1. The first kappa shape index (κ1) is 17.5. The zero-order valence-electron chi connectivity index (χ0n) is 13.4. The lowest BCUT2D eigenvalue weighted by atomic mass is 9.85. The summed E-state index contributed by atoms with van der Waals surface area (Å²) < 4.78 is 5.19. The summed E-state index contributed by atoms with van der Waals surface area (Å²) in [4.78, 5) is 11.6. The highest BCUT2D eigenvalue weighted by Crippen LogP contribution is 2.26. The molecule has 0 bridgehead atoms. The number of nitrogens with two attached hydrogens (primary N) is 1. The van der Waals surface area contributed by atoms with Gasteiger partial charge >= 0.3 is 6.09 Å². The first-order valence-corrected chi connectivity index (χ1v) is 11.7. The molecule has 1 atom stereocenters. The van der Waals surface area contributed by atoms with Crippen LogP contribution in [0.25, 0.3) is 0 Å². The third-order valence-corrected chi connectivity index (χ3v) is 5.66. The summed E-state index contributed by atoms with van der Waals surface area (Å²) in [5, 5.41) is 2.79. The van der Waals surface area contributed by atoms with E-state index in [-0.39, 0.29) is 12.1 Å². The van der Waals surface area contributed by atoms with Gasteiger partial charge in [0.05, 0.1) is 6.61 Å². The van der Waals surface area contributed by atoms with Crippen LogP contribution in [0.1, 0.15) is 38.5 Å². The standard InChI is InChI=1S/C15H32N2O2Si/c1-20(2,3)10-9-19-15(18)17-12-14(16)11-13-7-5-4-6-8-13/h13-14H,4-12,16H2,1-3H3,(H,17,18)/t14-/m0/s1. The minimum absolute atomic E-state index is 0.0580. The second kappa shape index (κ2) is 8.67. The fourth-order valence-electron chi connectivity index (χ4n) is 2.65. The van der Waals surface area contributed by atoms with Gasteiger partial charge in [0, 0.05) is 20.7 Å². The summed E-state index contributed by atoms with van der Waals surface area (Å²) >= 11 is 0. The molecule has 0 aromatic carbocycles. The van der Waals surface area contributed by atoms with Crippen molar-refractivity contribution in [3.63, 3.8) is 0 Å². The third kappa shape index (κ3) is 8.58. The Morgan fingerprint density at radius 3 is 2.55 bits per heavy atom. The number of hydrogen-bond acceptors (Lipinski definition) is 3. The van der Waals surface area contributed by atoms with E-state index in [0.717, 1.165) is 18.4 Å². The average molecular weight is 301 g/mol. The molecule has 4 nitrogen and oxygen atoms in total. The zero-order chi connectivity index (χ0) is 15.0. The maximum Gasteiger partial charge on any atom is 0.407 e. The molecule has 3 N–H and O–H groups in total. The van der Waals surface area contributed by atoms with E-state index in [1.54, 1.807) is 0 Å². The van der Waals surface area contributed by atoms with Crippen LogP contribution in [0.4, 0.5) is 4.79 Å². The van der Waals surface area contributed by atoms with Crippen LogP contribution in [0.2, 0.25) is 25.7 Å². The lowest BCUT2D eigenvalue weighted by Gasteiger charge is -2.24. The van der Waals surface area contributed by atoms with Gasteiger partial charge in [-0.05, 0) is 18.4 Å². The molecule has 1 rings (SSSR count). The van der Waals surface area contributed by atoms with Crippen molar-refractivity contribution in [1.82, 2.24) is 5.32 Å². The molecule has 1 aliphatic rings. The van der Waals surface area contributed by atoms with E-state index in [0.29, 0.717) is 13.2 Å². The summed E-state index contributed by atoms with van der Waals surface area (Å²) in [5.41, 5.74) is 6.09. The van der Waals surface area contributed by atoms with Crippen LogP contribution >= 0.6 is 0 Å². The molecular formula is C15H32N2O2Si. The fourth-order valence-corrected chi connectivity index (χ4v) is 3.36. The van der Waals surface area contributed by atoms with E-state index in [9.17, 15) is 4.79 Å². The molecule has 0 aromatic rings. The highest BCUT2D eigenvalue weighted by atomic mass is 28.3. The van der Waals surface area contributed by atoms with E-state index >= 15 is 0 Å². The summed E-state index contributed by atoms with van der Waals surface area (Å²) in [6.07, 6.45) is 7.35. The van der Waals surface area contributed by atoms with Crippen molar-refractivity contribution in [2.75, 3.05) is 13.2 Å². The quantitative estimate of drug-likeness (QED) is 0.709. The number of nitrogens with one attached hydrogen (secondary N) is 1.